The quantitative estimate of drug-likeness (QED) is 0.671. The van der Waals surface area contributed by atoms with Crippen LogP contribution in [0.25, 0.3) is 0 Å². The number of halogens is 1. The molecule has 2 saturated heterocycles. The molecule has 1 N–H and O–H groups in total. The van der Waals surface area contributed by atoms with Gasteiger partial charge in [0.15, 0.2) is 9.84 Å². The van der Waals surface area contributed by atoms with Gasteiger partial charge in [0.25, 0.3) is 0 Å². The van der Waals surface area contributed by atoms with E-state index in [2.05, 4.69) is 39.6 Å². The van der Waals surface area contributed by atoms with Gasteiger partial charge in [-0.25, -0.2) is 8.42 Å². The van der Waals surface area contributed by atoms with E-state index < -0.39 is 9.84 Å². The first-order chi connectivity index (χ1) is 14.4. The van der Waals surface area contributed by atoms with Gasteiger partial charge in [0.1, 0.15) is 0 Å². The van der Waals surface area contributed by atoms with Crippen molar-refractivity contribution in [2.24, 2.45) is 0 Å². The van der Waals surface area contributed by atoms with Gasteiger partial charge < -0.3 is 10.1 Å². The summed E-state index contributed by atoms with van der Waals surface area (Å²) in [7, 11) is -2.92. The van der Waals surface area contributed by atoms with E-state index in [9.17, 15) is 8.42 Å². The molecular weight excluding hydrogens is 436 g/mol. The Bertz CT molecular complexity index is 965. The zero-order valence-corrected chi connectivity index (χ0v) is 19.9. The van der Waals surface area contributed by atoms with Crippen LogP contribution in [-0.4, -0.2) is 66.9 Å². The van der Waals surface area contributed by atoms with Gasteiger partial charge in [-0.3, -0.25) is 9.58 Å². The lowest BCUT2D eigenvalue weighted by Gasteiger charge is -2.33. The molecule has 0 bridgehead atoms. The topological polar surface area (TPSA) is 76.5 Å². The van der Waals surface area contributed by atoms with E-state index >= 15 is 0 Å². The summed E-state index contributed by atoms with van der Waals surface area (Å²) in [5.74, 6) is 0.469. The lowest BCUT2D eigenvalue weighted by atomic mass is 10.1. The standard InChI is InChI=1S/C22H32N4O3S.ClH/c1-17-22(18(2)26(24-17)20-8-11-30(27,28)16-20)13-23-12-21-15-25(9-10-29-21)14-19-6-4-3-5-7-19;/h3-7,20-21,23H,8-16H2,1-2H3;1H. The third-order valence-electron chi connectivity index (χ3n) is 6.17. The number of aromatic nitrogens is 2. The summed E-state index contributed by atoms with van der Waals surface area (Å²) >= 11 is 0. The summed E-state index contributed by atoms with van der Waals surface area (Å²) in [5, 5.41) is 8.19. The van der Waals surface area contributed by atoms with Crippen LogP contribution < -0.4 is 5.32 Å². The van der Waals surface area contributed by atoms with Gasteiger partial charge in [0.05, 0.1) is 36.0 Å². The van der Waals surface area contributed by atoms with Crippen molar-refractivity contribution in [1.82, 2.24) is 20.0 Å². The molecule has 2 unspecified atom stereocenters. The average Bonchev–Trinajstić information content (AvgIpc) is 3.22. The van der Waals surface area contributed by atoms with Crippen molar-refractivity contribution in [2.75, 3.05) is 37.7 Å². The number of sulfone groups is 1. The minimum absolute atomic E-state index is 0. The van der Waals surface area contributed by atoms with E-state index in [-0.39, 0.29) is 36.1 Å². The minimum atomic E-state index is -2.92. The SMILES string of the molecule is Cc1nn(C2CCS(=O)(=O)C2)c(C)c1CNCC1CN(Cc2ccccc2)CCO1.Cl. The highest BCUT2D eigenvalue weighted by Crippen LogP contribution is 2.26. The summed E-state index contributed by atoms with van der Waals surface area (Å²) in [6.45, 7) is 9.13. The molecule has 1 aromatic carbocycles. The third-order valence-corrected chi connectivity index (χ3v) is 7.93. The first-order valence-electron chi connectivity index (χ1n) is 10.7. The molecule has 9 heteroatoms. The molecule has 2 fully saturated rings. The predicted octanol–water partition coefficient (Wildman–Crippen LogP) is 2.27. The smallest absolute Gasteiger partial charge is 0.152 e. The van der Waals surface area contributed by atoms with Crippen molar-refractivity contribution in [3.05, 3.63) is 52.8 Å². The Morgan fingerprint density at radius 2 is 2.00 bits per heavy atom. The molecule has 31 heavy (non-hydrogen) atoms. The molecule has 3 heterocycles. The Morgan fingerprint density at radius 1 is 1.23 bits per heavy atom. The fourth-order valence-corrected chi connectivity index (χ4v) is 6.22. The van der Waals surface area contributed by atoms with Gasteiger partial charge in [0, 0.05) is 44.0 Å². The van der Waals surface area contributed by atoms with E-state index in [1.807, 2.05) is 24.6 Å². The number of hydrogen-bond acceptors (Lipinski definition) is 6. The molecule has 1 aromatic heterocycles. The molecule has 2 aromatic rings. The average molecular weight is 469 g/mol. The molecule has 7 nitrogen and oxygen atoms in total. The number of rotatable bonds is 7. The van der Waals surface area contributed by atoms with E-state index in [1.54, 1.807) is 0 Å². The zero-order chi connectivity index (χ0) is 21.1. The second kappa shape index (κ2) is 10.4. The highest BCUT2D eigenvalue weighted by molar-refractivity contribution is 7.91. The Balaban J connectivity index is 0.00000272. The van der Waals surface area contributed by atoms with E-state index in [0.717, 1.165) is 56.3 Å². The lowest BCUT2D eigenvalue weighted by molar-refractivity contribution is -0.0300. The van der Waals surface area contributed by atoms with Crippen molar-refractivity contribution < 1.29 is 13.2 Å². The number of nitrogens with one attached hydrogen (secondary N) is 1. The summed E-state index contributed by atoms with van der Waals surface area (Å²) in [6, 6.07) is 10.5. The molecule has 0 aliphatic carbocycles. The van der Waals surface area contributed by atoms with Crippen molar-refractivity contribution in [2.45, 2.75) is 45.5 Å². The molecule has 2 aliphatic rings. The van der Waals surface area contributed by atoms with Crippen LogP contribution in [0.1, 0.15) is 35.0 Å². The molecule has 4 rings (SSSR count). The normalized spacial score (nSPS) is 23.5. The number of morpholine rings is 1. The molecule has 2 aliphatic heterocycles. The zero-order valence-electron chi connectivity index (χ0n) is 18.3. The van der Waals surface area contributed by atoms with Crippen LogP contribution in [-0.2, 0) is 27.7 Å². The number of benzene rings is 1. The fourth-order valence-electron chi connectivity index (χ4n) is 4.52. The maximum atomic E-state index is 11.8. The van der Waals surface area contributed by atoms with Gasteiger partial charge in [-0.2, -0.15) is 5.10 Å². The molecule has 0 amide bonds. The maximum Gasteiger partial charge on any atom is 0.152 e. The molecule has 0 spiro atoms. The molecule has 172 valence electrons. The number of ether oxygens (including phenoxy) is 1. The van der Waals surface area contributed by atoms with Gasteiger partial charge >= 0.3 is 0 Å². The van der Waals surface area contributed by atoms with Crippen LogP contribution in [0.2, 0.25) is 0 Å². The second-order valence-corrected chi connectivity index (χ2v) is 10.7. The van der Waals surface area contributed by atoms with Crippen molar-refractivity contribution >= 4 is 22.2 Å². The largest absolute Gasteiger partial charge is 0.374 e. The highest BCUT2D eigenvalue weighted by atomic mass is 35.5. The number of nitrogens with zero attached hydrogens (tertiary/aromatic N) is 3. The fraction of sp³-hybridized carbons (Fsp3) is 0.591. The second-order valence-electron chi connectivity index (χ2n) is 8.50. The van der Waals surface area contributed by atoms with Crippen molar-refractivity contribution in [3.8, 4) is 0 Å². The summed E-state index contributed by atoms with van der Waals surface area (Å²) in [6.07, 6.45) is 0.822. The van der Waals surface area contributed by atoms with Gasteiger partial charge in [0.2, 0.25) is 0 Å². The lowest BCUT2D eigenvalue weighted by Crippen LogP contribution is -2.46. The Labute approximate surface area is 191 Å². The molecule has 2 atom stereocenters. The third kappa shape index (κ3) is 6.08. The van der Waals surface area contributed by atoms with E-state index in [0.29, 0.717) is 6.42 Å². The van der Waals surface area contributed by atoms with Gasteiger partial charge in [-0.15, -0.1) is 12.4 Å². The van der Waals surface area contributed by atoms with Crippen LogP contribution in [0.3, 0.4) is 0 Å². The Kier molecular flexibility index (Phi) is 8.15. The predicted molar refractivity (Wildman–Crippen MR) is 124 cm³/mol. The number of hydrogen-bond donors (Lipinski definition) is 1. The van der Waals surface area contributed by atoms with Gasteiger partial charge in [-0.05, 0) is 25.8 Å². The Morgan fingerprint density at radius 3 is 2.71 bits per heavy atom. The van der Waals surface area contributed by atoms with E-state index in [1.165, 1.54) is 5.56 Å². The van der Waals surface area contributed by atoms with Crippen molar-refractivity contribution in [1.29, 1.82) is 0 Å². The minimum Gasteiger partial charge on any atom is -0.374 e. The van der Waals surface area contributed by atoms with Crippen LogP contribution >= 0.6 is 12.4 Å². The van der Waals surface area contributed by atoms with E-state index in [4.69, 9.17) is 4.74 Å². The summed E-state index contributed by atoms with van der Waals surface area (Å²) in [4.78, 5) is 2.44. The summed E-state index contributed by atoms with van der Waals surface area (Å²) in [5.41, 5.74) is 4.53. The monoisotopic (exact) mass is 468 g/mol. The van der Waals surface area contributed by atoms with Crippen LogP contribution in [0.4, 0.5) is 0 Å². The van der Waals surface area contributed by atoms with Crippen LogP contribution in [0.5, 0.6) is 0 Å². The van der Waals surface area contributed by atoms with Crippen LogP contribution in [0, 0.1) is 13.8 Å². The first kappa shape index (κ1) is 24.2. The molecule has 0 saturated carbocycles. The summed E-state index contributed by atoms with van der Waals surface area (Å²) < 4.78 is 31.6. The Hall–Kier alpha value is -1.45. The van der Waals surface area contributed by atoms with Gasteiger partial charge in [-0.1, -0.05) is 30.3 Å². The maximum absolute atomic E-state index is 11.8. The number of aryl methyl sites for hydroxylation is 1. The van der Waals surface area contributed by atoms with Crippen LogP contribution in [0.15, 0.2) is 30.3 Å². The highest BCUT2D eigenvalue weighted by Gasteiger charge is 2.31. The molecule has 0 radical (unpaired) electrons. The first-order valence-corrected chi connectivity index (χ1v) is 12.6. The molecular formula is C22H33ClN4O3S. The van der Waals surface area contributed by atoms with Crippen molar-refractivity contribution in [3.63, 3.8) is 0 Å².